The molecule has 0 amide bonds. The van der Waals surface area contributed by atoms with Gasteiger partial charge in [0.1, 0.15) is 0 Å². The molecule has 0 aliphatic carbocycles. The second-order valence-corrected chi connectivity index (χ2v) is 15.7. The largest absolute Gasteiger partial charge is 0.466 e. The maximum atomic E-state index is 12.3. The van der Waals surface area contributed by atoms with Crippen LogP contribution in [-0.4, -0.2) is 62.0 Å². The fourth-order valence-electron chi connectivity index (χ4n) is 7.37. The molecule has 5 heteroatoms. The van der Waals surface area contributed by atoms with Gasteiger partial charge >= 0.3 is 5.97 Å². The summed E-state index contributed by atoms with van der Waals surface area (Å²) in [6.07, 6.45) is 38.6. The average molecular weight is 710 g/mol. The normalized spacial score (nSPS) is 11.8. The molecule has 0 bridgehead atoms. The third kappa shape index (κ3) is 35.7. The van der Waals surface area contributed by atoms with E-state index in [1.165, 1.54) is 167 Å². The van der Waals surface area contributed by atoms with E-state index in [1.807, 2.05) is 0 Å². The number of aliphatic hydroxyl groups excluding tert-OH is 1. The van der Waals surface area contributed by atoms with Gasteiger partial charge in [0.25, 0.3) is 0 Å². The molecule has 0 unspecified atom stereocenters. The van der Waals surface area contributed by atoms with Crippen molar-refractivity contribution >= 4 is 5.97 Å². The predicted molar refractivity (Wildman–Crippen MR) is 218 cm³/mol. The SMILES string of the molecule is CCCCCC(CCCCC)CCOCCCCCCCCN(CCCO)CCCCCCCC(=O)OCCC(CCCCC)CCCCC. The Labute approximate surface area is 314 Å². The molecule has 0 aromatic carbocycles. The van der Waals surface area contributed by atoms with E-state index in [2.05, 4.69) is 32.6 Å². The second-order valence-electron chi connectivity index (χ2n) is 15.7. The molecule has 1 N–H and O–H groups in total. The van der Waals surface area contributed by atoms with Crippen molar-refractivity contribution in [3.63, 3.8) is 0 Å². The second kappa shape index (κ2) is 41.1. The van der Waals surface area contributed by atoms with Crippen molar-refractivity contribution in [3.8, 4) is 0 Å². The van der Waals surface area contributed by atoms with Gasteiger partial charge in [0.2, 0.25) is 0 Å². The molecule has 0 aromatic rings. The molecule has 0 aliphatic rings. The van der Waals surface area contributed by atoms with Crippen molar-refractivity contribution in [2.24, 2.45) is 11.8 Å². The zero-order chi connectivity index (χ0) is 36.6. The van der Waals surface area contributed by atoms with E-state index >= 15 is 0 Å². The summed E-state index contributed by atoms with van der Waals surface area (Å²) in [6.45, 7) is 15.2. The molecule has 0 aliphatic heterocycles. The summed E-state index contributed by atoms with van der Waals surface area (Å²) in [5.41, 5.74) is 0. The first-order valence-electron chi connectivity index (χ1n) is 22.7. The van der Waals surface area contributed by atoms with Crippen molar-refractivity contribution in [1.82, 2.24) is 4.90 Å². The number of carbonyl (C=O) groups is 1. The van der Waals surface area contributed by atoms with Crippen molar-refractivity contribution in [2.45, 2.75) is 227 Å². The molecule has 0 saturated carbocycles. The Morgan fingerprint density at radius 1 is 0.460 bits per heavy atom. The van der Waals surface area contributed by atoms with Gasteiger partial charge in [-0.15, -0.1) is 0 Å². The number of aliphatic hydroxyl groups is 1. The van der Waals surface area contributed by atoms with Gasteiger partial charge in [0, 0.05) is 32.8 Å². The Balaban J connectivity index is 3.88. The summed E-state index contributed by atoms with van der Waals surface area (Å²) in [5.74, 6) is 1.60. The van der Waals surface area contributed by atoms with Gasteiger partial charge in [-0.3, -0.25) is 4.79 Å². The zero-order valence-electron chi connectivity index (χ0n) is 34.6. The number of unbranched alkanes of at least 4 members (excludes halogenated alkanes) is 17. The van der Waals surface area contributed by atoms with Crippen LogP contribution in [-0.2, 0) is 14.3 Å². The minimum Gasteiger partial charge on any atom is -0.466 e. The molecule has 0 fully saturated rings. The number of esters is 1. The van der Waals surface area contributed by atoms with Crippen LogP contribution in [0.25, 0.3) is 0 Å². The summed E-state index contributed by atoms with van der Waals surface area (Å²) in [6, 6.07) is 0. The Bertz CT molecular complexity index is 639. The van der Waals surface area contributed by atoms with Crippen LogP contribution in [0.5, 0.6) is 0 Å². The highest BCUT2D eigenvalue weighted by Gasteiger charge is 2.11. The van der Waals surface area contributed by atoms with Crippen LogP contribution in [0.3, 0.4) is 0 Å². The summed E-state index contributed by atoms with van der Waals surface area (Å²) >= 11 is 0. The maximum Gasteiger partial charge on any atom is 0.305 e. The standard InChI is InChI=1S/C45H91NO4/c1-5-9-20-29-43(30-21-10-6-2)34-41-49-40-27-19-14-13-17-25-36-46(38-28-39-47)37-26-18-15-16-24-33-45(48)50-42-35-44(31-22-11-7-3)32-23-12-8-4/h43-44,47H,5-42H2,1-4H3. The van der Waals surface area contributed by atoms with Crippen LogP contribution in [0, 0.1) is 11.8 Å². The smallest absolute Gasteiger partial charge is 0.305 e. The first-order valence-corrected chi connectivity index (χ1v) is 22.7. The number of carbonyl (C=O) groups excluding carboxylic acids is 1. The lowest BCUT2D eigenvalue weighted by Crippen LogP contribution is -2.27. The molecule has 0 radical (unpaired) electrons. The number of nitrogens with zero attached hydrogens (tertiary/aromatic N) is 1. The highest BCUT2D eigenvalue weighted by Crippen LogP contribution is 2.22. The van der Waals surface area contributed by atoms with E-state index in [4.69, 9.17) is 9.47 Å². The molecule has 50 heavy (non-hydrogen) atoms. The van der Waals surface area contributed by atoms with Crippen molar-refractivity contribution in [1.29, 1.82) is 0 Å². The number of hydrogen-bond donors (Lipinski definition) is 1. The number of ether oxygens (including phenoxy) is 2. The molecule has 0 spiro atoms. The van der Waals surface area contributed by atoms with E-state index in [1.54, 1.807) is 0 Å². The first kappa shape index (κ1) is 49.4. The highest BCUT2D eigenvalue weighted by atomic mass is 16.5. The van der Waals surface area contributed by atoms with Gasteiger partial charge in [-0.2, -0.15) is 0 Å². The quantitative estimate of drug-likeness (QED) is 0.0505. The summed E-state index contributed by atoms with van der Waals surface area (Å²) in [4.78, 5) is 14.9. The zero-order valence-corrected chi connectivity index (χ0v) is 34.6. The third-order valence-corrected chi connectivity index (χ3v) is 10.8. The summed E-state index contributed by atoms with van der Waals surface area (Å²) in [5, 5.41) is 9.38. The monoisotopic (exact) mass is 710 g/mol. The highest BCUT2D eigenvalue weighted by molar-refractivity contribution is 5.69. The molecule has 5 nitrogen and oxygen atoms in total. The fraction of sp³-hybridized carbons (Fsp3) is 0.978. The predicted octanol–water partition coefficient (Wildman–Crippen LogP) is 13.2. The van der Waals surface area contributed by atoms with Gasteiger partial charge in [-0.1, -0.05) is 175 Å². The van der Waals surface area contributed by atoms with E-state index in [0.29, 0.717) is 13.0 Å². The van der Waals surface area contributed by atoms with E-state index in [0.717, 1.165) is 70.4 Å². The average Bonchev–Trinajstić information content (AvgIpc) is 3.11. The van der Waals surface area contributed by atoms with Gasteiger partial charge < -0.3 is 19.5 Å². The molecular weight excluding hydrogens is 618 g/mol. The van der Waals surface area contributed by atoms with Crippen LogP contribution in [0.4, 0.5) is 0 Å². The Kier molecular flexibility index (Phi) is 40.6. The fourth-order valence-corrected chi connectivity index (χ4v) is 7.37. The first-order chi connectivity index (χ1) is 24.6. The topological polar surface area (TPSA) is 59.0 Å². The van der Waals surface area contributed by atoms with Gasteiger partial charge in [0.05, 0.1) is 6.61 Å². The number of hydrogen-bond acceptors (Lipinski definition) is 5. The minimum absolute atomic E-state index is 0.00376. The maximum absolute atomic E-state index is 12.3. The minimum atomic E-state index is 0.00376. The van der Waals surface area contributed by atoms with Crippen LogP contribution in [0.15, 0.2) is 0 Å². The van der Waals surface area contributed by atoms with Crippen molar-refractivity contribution < 1.29 is 19.4 Å². The van der Waals surface area contributed by atoms with Crippen molar-refractivity contribution in [3.05, 3.63) is 0 Å². The van der Waals surface area contributed by atoms with Crippen molar-refractivity contribution in [2.75, 3.05) is 46.1 Å². The van der Waals surface area contributed by atoms with E-state index in [-0.39, 0.29) is 12.6 Å². The van der Waals surface area contributed by atoms with Crippen LogP contribution < -0.4 is 0 Å². The van der Waals surface area contributed by atoms with Gasteiger partial charge in [0.15, 0.2) is 0 Å². The lowest BCUT2D eigenvalue weighted by Gasteiger charge is -2.22. The van der Waals surface area contributed by atoms with Crippen LogP contribution >= 0.6 is 0 Å². The molecule has 300 valence electrons. The lowest BCUT2D eigenvalue weighted by molar-refractivity contribution is -0.144. The molecule has 0 saturated heterocycles. The summed E-state index contributed by atoms with van der Waals surface area (Å²) < 4.78 is 11.7. The molecular formula is C45H91NO4. The van der Waals surface area contributed by atoms with Gasteiger partial charge in [-0.05, 0) is 69.9 Å². The van der Waals surface area contributed by atoms with Gasteiger partial charge in [-0.25, -0.2) is 0 Å². The van der Waals surface area contributed by atoms with E-state index < -0.39 is 0 Å². The Morgan fingerprint density at radius 2 is 0.880 bits per heavy atom. The van der Waals surface area contributed by atoms with Crippen LogP contribution in [0.2, 0.25) is 0 Å². The third-order valence-electron chi connectivity index (χ3n) is 10.8. The molecule has 0 heterocycles. The number of rotatable bonds is 42. The van der Waals surface area contributed by atoms with E-state index in [9.17, 15) is 9.90 Å². The lowest BCUT2D eigenvalue weighted by atomic mass is 9.92. The van der Waals surface area contributed by atoms with Crippen LogP contribution in [0.1, 0.15) is 227 Å². The summed E-state index contributed by atoms with van der Waals surface area (Å²) in [7, 11) is 0. The molecule has 0 aromatic heterocycles. The Morgan fingerprint density at radius 3 is 1.36 bits per heavy atom. The molecule has 0 rings (SSSR count). The molecule has 0 atom stereocenters. The Hall–Kier alpha value is -0.650.